The Morgan fingerprint density at radius 2 is 0.957 bits per heavy atom. The quantitative estimate of drug-likeness (QED) is 0.189. The van der Waals surface area contributed by atoms with Gasteiger partial charge in [0.2, 0.25) is 5.89 Å². The van der Waals surface area contributed by atoms with Gasteiger partial charge in [-0.2, -0.15) is 0 Å². The van der Waals surface area contributed by atoms with Gasteiger partial charge in [0, 0.05) is 33.4 Å². The average molecular weight is 605 g/mol. The molecule has 9 rings (SSSR count). The zero-order chi connectivity index (χ0) is 31.2. The molecule has 0 spiro atoms. The van der Waals surface area contributed by atoms with Gasteiger partial charge >= 0.3 is 0 Å². The van der Waals surface area contributed by atoms with Gasteiger partial charge in [0.25, 0.3) is 0 Å². The first kappa shape index (κ1) is 27.0. The van der Waals surface area contributed by atoms with Crippen molar-refractivity contribution in [1.29, 1.82) is 0 Å². The Morgan fingerprint density at radius 3 is 1.60 bits per heavy atom. The summed E-state index contributed by atoms with van der Waals surface area (Å²) in [5, 5.41) is 1.98. The highest BCUT2D eigenvalue weighted by molar-refractivity contribution is 6.13. The molecule has 0 aliphatic heterocycles. The molecule has 7 aromatic carbocycles. The number of anilines is 3. The van der Waals surface area contributed by atoms with E-state index in [1.165, 1.54) is 22.3 Å². The van der Waals surface area contributed by atoms with E-state index in [1.54, 1.807) is 0 Å². The van der Waals surface area contributed by atoms with Crippen LogP contribution in [0.25, 0.3) is 66.7 Å². The van der Waals surface area contributed by atoms with Crippen LogP contribution in [0.3, 0.4) is 0 Å². The van der Waals surface area contributed by atoms with Crippen LogP contribution in [0.4, 0.5) is 17.1 Å². The molecular weight excluding hydrogens is 576 g/mol. The van der Waals surface area contributed by atoms with Gasteiger partial charge in [-0.25, -0.2) is 4.98 Å². The highest BCUT2D eigenvalue weighted by Crippen LogP contribution is 2.42. The Balaban J connectivity index is 1.20. The number of para-hydroxylation sites is 2. The molecule has 0 aliphatic carbocycles. The molecular formula is C43H28N2O2. The van der Waals surface area contributed by atoms with Gasteiger partial charge in [-0.15, -0.1) is 0 Å². The minimum Gasteiger partial charge on any atom is -0.456 e. The van der Waals surface area contributed by atoms with Crippen molar-refractivity contribution in [2.45, 2.75) is 0 Å². The van der Waals surface area contributed by atoms with Gasteiger partial charge in [-0.1, -0.05) is 103 Å². The van der Waals surface area contributed by atoms with Gasteiger partial charge in [-0.05, 0) is 89.0 Å². The lowest BCUT2D eigenvalue weighted by Gasteiger charge is -2.26. The molecule has 47 heavy (non-hydrogen) atoms. The maximum absolute atomic E-state index is 6.38. The van der Waals surface area contributed by atoms with Crippen molar-refractivity contribution in [3.05, 3.63) is 170 Å². The third kappa shape index (κ3) is 4.84. The Morgan fingerprint density at radius 1 is 0.404 bits per heavy atom. The molecule has 0 unspecified atom stereocenters. The number of fused-ring (bicyclic) bond motifs is 4. The second-order valence-electron chi connectivity index (χ2n) is 11.6. The lowest BCUT2D eigenvalue weighted by molar-refractivity contribution is 0.620. The van der Waals surface area contributed by atoms with E-state index in [1.807, 2.05) is 48.5 Å². The number of hydrogen-bond acceptors (Lipinski definition) is 4. The summed E-state index contributed by atoms with van der Waals surface area (Å²) in [5.41, 5.74) is 12.0. The molecule has 0 aliphatic rings. The Labute approximate surface area is 271 Å². The van der Waals surface area contributed by atoms with E-state index >= 15 is 0 Å². The van der Waals surface area contributed by atoms with E-state index in [2.05, 4.69) is 126 Å². The zero-order valence-corrected chi connectivity index (χ0v) is 25.4. The standard InChI is InChI=1S/C43H28N2O2/c1-3-10-29(11-4-1)31-18-22-33(23-19-31)45(34-24-20-32(21-25-34)30-12-5-2-6-13-30)35-26-27-39-37(28-35)42-36(14-9-17-41(42)46-39)43-44-38-15-7-8-16-40(38)47-43/h1-28H. The highest BCUT2D eigenvalue weighted by atomic mass is 16.3. The molecule has 2 aromatic heterocycles. The average Bonchev–Trinajstić information content (AvgIpc) is 3.75. The second-order valence-corrected chi connectivity index (χ2v) is 11.6. The number of aromatic nitrogens is 1. The molecule has 0 saturated carbocycles. The van der Waals surface area contributed by atoms with Gasteiger partial charge < -0.3 is 13.7 Å². The number of benzene rings is 7. The first-order chi connectivity index (χ1) is 23.3. The van der Waals surface area contributed by atoms with Crippen LogP contribution in [0.15, 0.2) is 179 Å². The molecule has 9 aromatic rings. The zero-order valence-electron chi connectivity index (χ0n) is 25.4. The summed E-state index contributed by atoms with van der Waals surface area (Å²) in [4.78, 5) is 7.12. The fraction of sp³-hybridized carbons (Fsp3) is 0. The van der Waals surface area contributed by atoms with Crippen molar-refractivity contribution in [2.24, 2.45) is 0 Å². The Hall–Kier alpha value is -6.39. The Kier molecular flexibility index (Phi) is 6.43. The topological polar surface area (TPSA) is 42.4 Å². The number of hydrogen-bond donors (Lipinski definition) is 0. The summed E-state index contributed by atoms with van der Waals surface area (Å²) >= 11 is 0. The van der Waals surface area contributed by atoms with Gasteiger partial charge in [0.05, 0.1) is 0 Å². The lowest BCUT2D eigenvalue weighted by atomic mass is 10.0. The van der Waals surface area contributed by atoms with Crippen LogP contribution in [0.1, 0.15) is 0 Å². The molecule has 0 saturated heterocycles. The monoisotopic (exact) mass is 604 g/mol. The van der Waals surface area contributed by atoms with E-state index in [4.69, 9.17) is 13.8 Å². The minimum absolute atomic E-state index is 0.578. The molecule has 2 heterocycles. The SMILES string of the molecule is c1ccc(-c2ccc(N(c3ccc(-c4ccccc4)cc3)c3ccc4oc5cccc(-c6nc7ccccc7o6)c5c4c3)cc2)cc1. The van der Waals surface area contributed by atoms with Crippen molar-refractivity contribution >= 4 is 50.1 Å². The summed E-state index contributed by atoms with van der Waals surface area (Å²) in [6.45, 7) is 0. The molecule has 4 heteroatoms. The Bertz CT molecular complexity index is 2380. The smallest absolute Gasteiger partial charge is 0.228 e. The van der Waals surface area contributed by atoms with Crippen LogP contribution < -0.4 is 4.90 Å². The van der Waals surface area contributed by atoms with Crippen molar-refractivity contribution in [2.75, 3.05) is 4.90 Å². The normalized spacial score (nSPS) is 11.4. The van der Waals surface area contributed by atoms with Gasteiger partial charge in [0.1, 0.15) is 16.7 Å². The molecule has 0 fully saturated rings. The molecule has 0 amide bonds. The van der Waals surface area contributed by atoms with E-state index in [0.29, 0.717) is 5.89 Å². The largest absolute Gasteiger partial charge is 0.456 e. The third-order valence-corrected chi connectivity index (χ3v) is 8.73. The van der Waals surface area contributed by atoms with Gasteiger partial charge in [0.15, 0.2) is 5.58 Å². The summed E-state index contributed by atoms with van der Waals surface area (Å²) < 4.78 is 12.6. The second kappa shape index (κ2) is 11.2. The minimum atomic E-state index is 0.578. The summed E-state index contributed by atoms with van der Waals surface area (Å²) in [5.74, 6) is 0.578. The highest BCUT2D eigenvalue weighted by Gasteiger charge is 2.20. The molecule has 0 radical (unpaired) electrons. The van der Waals surface area contributed by atoms with Crippen LogP contribution in [0.5, 0.6) is 0 Å². The molecule has 0 bridgehead atoms. The fourth-order valence-corrected chi connectivity index (χ4v) is 6.43. The van der Waals surface area contributed by atoms with E-state index < -0.39 is 0 Å². The van der Waals surface area contributed by atoms with Crippen LogP contribution in [-0.4, -0.2) is 4.98 Å². The summed E-state index contributed by atoms with van der Waals surface area (Å²) in [7, 11) is 0. The summed E-state index contributed by atoms with van der Waals surface area (Å²) in [6.07, 6.45) is 0. The van der Waals surface area contributed by atoms with Crippen LogP contribution in [0, 0.1) is 0 Å². The van der Waals surface area contributed by atoms with E-state index in [9.17, 15) is 0 Å². The molecule has 0 N–H and O–H groups in total. The van der Waals surface area contributed by atoms with Crippen LogP contribution >= 0.6 is 0 Å². The molecule has 222 valence electrons. The van der Waals surface area contributed by atoms with E-state index in [0.717, 1.165) is 55.7 Å². The van der Waals surface area contributed by atoms with Crippen molar-refractivity contribution < 1.29 is 8.83 Å². The molecule has 4 nitrogen and oxygen atoms in total. The van der Waals surface area contributed by atoms with Crippen molar-refractivity contribution in [3.63, 3.8) is 0 Å². The summed E-state index contributed by atoms with van der Waals surface area (Å²) in [6, 6.07) is 58.7. The van der Waals surface area contributed by atoms with E-state index in [-0.39, 0.29) is 0 Å². The first-order valence-electron chi connectivity index (χ1n) is 15.7. The van der Waals surface area contributed by atoms with Crippen molar-refractivity contribution in [1.82, 2.24) is 4.98 Å². The third-order valence-electron chi connectivity index (χ3n) is 8.73. The van der Waals surface area contributed by atoms with Gasteiger partial charge in [-0.3, -0.25) is 0 Å². The first-order valence-corrected chi connectivity index (χ1v) is 15.7. The number of rotatable bonds is 6. The van der Waals surface area contributed by atoms with Crippen LogP contribution in [0.2, 0.25) is 0 Å². The maximum Gasteiger partial charge on any atom is 0.228 e. The number of nitrogens with zero attached hydrogens (tertiary/aromatic N) is 2. The predicted molar refractivity (Wildman–Crippen MR) is 192 cm³/mol. The fourth-order valence-electron chi connectivity index (χ4n) is 6.43. The lowest BCUT2D eigenvalue weighted by Crippen LogP contribution is -2.09. The van der Waals surface area contributed by atoms with Crippen LogP contribution in [-0.2, 0) is 0 Å². The molecule has 0 atom stereocenters. The number of furan rings is 1. The maximum atomic E-state index is 6.38. The van der Waals surface area contributed by atoms with Crippen molar-refractivity contribution in [3.8, 4) is 33.7 Å². The predicted octanol–water partition coefficient (Wildman–Crippen LogP) is 12.2. The number of oxazole rings is 1.